The summed E-state index contributed by atoms with van der Waals surface area (Å²) in [6, 6.07) is 9.78. The molecular formula is C20H22ClN3O2. The molecule has 0 aliphatic carbocycles. The molecule has 0 unspecified atom stereocenters. The molecule has 0 saturated carbocycles. The Morgan fingerprint density at radius 3 is 2.73 bits per heavy atom. The van der Waals surface area contributed by atoms with Crippen LogP contribution >= 0.6 is 11.6 Å². The van der Waals surface area contributed by atoms with Gasteiger partial charge in [0.25, 0.3) is 0 Å². The Morgan fingerprint density at radius 1 is 1.23 bits per heavy atom. The lowest BCUT2D eigenvalue weighted by atomic mass is 9.97. The Labute approximate surface area is 157 Å². The zero-order chi connectivity index (χ0) is 18.7. The third-order valence-corrected chi connectivity index (χ3v) is 4.79. The largest absolute Gasteiger partial charge is 0.481 e. The molecule has 1 N–H and O–H groups in total. The van der Waals surface area contributed by atoms with Gasteiger partial charge in [0, 0.05) is 17.7 Å². The standard InChI is InChI=1S/C20H22ClN3O2/c1-3-14-11-12-17-20(16-8-6-9-18(21)22-16)15(13(2)23-24(14)17)7-4-5-10-19(25)26/h6,8-9,11-12H,3-5,7,10H2,1-2H3,(H,25,26). The van der Waals surface area contributed by atoms with Crippen LogP contribution in [0.15, 0.2) is 30.3 Å². The molecule has 0 aliphatic heterocycles. The number of aliphatic carboxylic acids is 1. The van der Waals surface area contributed by atoms with Crippen LogP contribution in [-0.4, -0.2) is 25.7 Å². The number of aryl methyl sites for hydroxylation is 2. The van der Waals surface area contributed by atoms with Crippen molar-refractivity contribution in [3.8, 4) is 11.3 Å². The van der Waals surface area contributed by atoms with Gasteiger partial charge in [-0.3, -0.25) is 4.79 Å². The van der Waals surface area contributed by atoms with Gasteiger partial charge in [-0.1, -0.05) is 24.6 Å². The van der Waals surface area contributed by atoms with E-state index in [1.165, 1.54) is 0 Å². The topological polar surface area (TPSA) is 67.5 Å². The number of carbonyl (C=O) groups is 1. The summed E-state index contributed by atoms with van der Waals surface area (Å²) in [5.74, 6) is -0.758. The Hall–Kier alpha value is -2.40. The molecule has 0 aromatic carbocycles. The van der Waals surface area contributed by atoms with Crippen LogP contribution in [0.5, 0.6) is 0 Å². The second-order valence-electron chi connectivity index (χ2n) is 6.36. The van der Waals surface area contributed by atoms with E-state index in [0.29, 0.717) is 11.6 Å². The van der Waals surface area contributed by atoms with Crippen LogP contribution < -0.4 is 0 Å². The third kappa shape index (κ3) is 3.73. The molecule has 0 fully saturated rings. The molecule has 0 spiro atoms. The molecule has 3 rings (SSSR count). The number of unbranched alkanes of at least 4 members (excludes halogenated alkanes) is 1. The summed E-state index contributed by atoms with van der Waals surface area (Å²) in [6.45, 7) is 4.11. The maximum absolute atomic E-state index is 10.8. The quantitative estimate of drug-likeness (QED) is 0.482. The van der Waals surface area contributed by atoms with Crippen LogP contribution in [0.2, 0.25) is 5.15 Å². The summed E-state index contributed by atoms with van der Waals surface area (Å²) in [4.78, 5) is 15.3. The first kappa shape index (κ1) is 18.4. The van der Waals surface area contributed by atoms with Crippen molar-refractivity contribution in [3.05, 3.63) is 52.4 Å². The third-order valence-electron chi connectivity index (χ3n) is 4.58. The number of fused-ring (bicyclic) bond motifs is 1. The number of rotatable bonds is 7. The highest BCUT2D eigenvalue weighted by atomic mass is 35.5. The number of carboxylic acids is 1. The van der Waals surface area contributed by atoms with Crippen molar-refractivity contribution in [2.45, 2.75) is 46.0 Å². The number of carboxylic acid groups (broad SMARTS) is 1. The van der Waals surface area contributed by atoms with Gasteiger partial charge in [-0.25, -0.2) is 9.50 Å². The summed E-state index contributed by atoms with van der Waals surface area (Å²) in [7, 11) is 0. The fraction of sp³-hybridized carbons (Fsp3) is 0.350. The maximum atomic E-state index is 10.8. The molecule has 26 heavy (non-hydrogen) atoms. The smallest absolute Gasteiger partial charge is 0.303 e. The number of pyridine rings is 1. The molecule has 3 aromatic rings. The molecule has 0 bridgehead atoms. The van der Waals surface area contributed by atoms with Gasteiger partial charge in [0.1, 0.15) is 5.15 Å². The van der Waals surface area contributed by atoms with E-state index >= 15 is 0 Å². The van der Waals surface area contributed by atoms with Gasteiger partial charge < -0.3 is 5.11 Å². The average Bonchev–Trinajstić information content (AvgIpc) is 3.00. The Morgan fingerprint density at radius 2 is 2.04 bits per heavy atom. The molecule has 0 atom stereocenters. The molecule has 0 amide bonds. The predicted octanol–water partition coefficient (Wildman–Crippen LogP) is 4.72. The lowest BCUT2D eigenvalue weighted by molar-refractivity contribution is -0.137. The minimum absolute atomic E-state index is 0.185. The zero-order valence-electron chi connectivity index (χ0n) is 15.0. The predicted molar refractivity (Wildman–Crippen MR) is 103 cm³/mol. The minimum atomic E-state index is -0.758. The van der Waals surface area contributed by atoms with Crippen LogP contribution in [0, 0.1) is 6.92 Å². The number of nitrogens with zero attached hydrogens (tertiary/aromatic N) is 3. The molecule has 0 saturated heterocycles. The summed E-state index contributed by atoms with van der Waals surface area (Å²) in [5.41, 5.74) is 6.06. The maximum Gasteiger partial charge on any atom is 0.303 e. The molecule has 0 radical (unpaired) electrons. The molecule has 6 heteroatoms. The Kier molecular flexibility index (Phi) is 5.57. The van der Waals surface area contributed by atoms with E-state index in [4.69, 9.17) is 21.8 Å². The van der Waals surface area contributed by atoms with Crippen LogP contribution in [-0.2, 0) is 17.6 Å². The van der Waals surface area contributed by atoms with Crippen molar-refractivity contribution < 1.29 is 9.90 Å². The first-order chi connectivity index (χ1) is 12.5. The molecular weight excluding hydrogens is 350 g/mol. The highest BCUT2D eigenvalue weighted by molar-refractivity contribution is 6.29. The lowest BCUT2D eigenvalue weighted by Gasteiger charge is -2.15. The minimum Gasteiger partial charge on any atom is -0.481 e. The van der Waals surface area contributed by atoms with Crippen LogP contribution in [0.4, 0.5) is 0 Å². The molecule has 3 heterocycles. The first-order valence-corrected chi connectivity index (χ1v) is 9.24. The van der Waals surface area contributed by atoms with Crippen molar-refractivity contribution in [3.63, 3.8) is 0 Å². The fourth-order valence-corrected chi connectivity index (χ4v) is 3.47. The summed E-state index contributed by atoms with van der Waals surface area (Å²) < 4.78 is 1.98. The number of aromatic nitrogens is 3. The monoisotopic (exact) mass is 371 g/mol. The van der Waals surface area contributed by atoms with Gasteiger partial charge in [-0.05, 0) is 62.4 Å². The van der Waals surface area contributed by atoms with Gasteiger partial charge >= 0.3 is 5.97 Å². The summed E-state index contributed by atoms with van der Waals surface area (Å²) in [6.07, 6.45) is 3.27. The van der Waals surface area contributed by atoms with E-state index in [9.17, 15) is 4.79 Å². The van der Waals surface area contributed by atoms with E-state index in [2.05, 4.69) is 24.0 Å². The van der Waals surface area contributed by atoms with E-state index in [-0.39, 0.29) is 6.42 Å². The number of halogens is 1. The average molecular weight is 372 g/mol. The van der Waals surface area contributed by atoms with E-state index in [1.54, 1.807) is 6.07 Å². The number of hydrogen-bond donors (Lipinski definition) is 1. The van der Waals surface area contributed by atoms with Crippen molar-refractivity contribution in [1.82, 2.24) is 14.6 Å². The Balaban J connectivity index is 2.11. The van der Waals surface area contributed by atoms with Gasteiger partial charge in [-0.15, -0.1) is 0 Å². The first-order valence-electron chi connectivity index (χ1n) is 8.86. The molecule has 3 aromatic heterocycles. The summed E-state index contributed by atoms with van der Waals surface area (Å²) in [5, 5.41) is 14.1. The van der Waals surface area contributed by atoms with Crippen molar-refractivity contribution in [2.24, 2.45) is 0 Å². The van der Waals surface area contributed by atoms with Crippen molar-refractivity contribution >= 4 is 23.1 Å². The van der Waals surface area contributed by atoms with Crippen molar-refractivity contribution in [2.75, 3.05) is 0 Å². The van der Waals surface area contributed by atoms with E-state index < -0.39 is 5.97 Å². The van der Waals surface area contributed by atoms with Gasteiger partial charge in [0.15, 0.2) is 0 Å². The Bertz CT molecular complexity index is 950. The van der Waals surface area contributed by atoms with Crippen LogP contribution in [0.1, 0.15) is 43.1 Å². The number of hydrogen-bond acceptors (Lipinski definition) is 3. The normalized spacial score (nSPS) is 11.2. The van der Waals surface area contributed by atoms with E-state index in [0.717, 1.165) is 53.0 Å². The molecule has 5 nitrogen and oxygen atoms in total. The fourth-order valence-electron chi connectivity index (χ4n) is 3.31. The van der Waals surface area contributed by atoms with Crippen molar-refractivity contribution in [1.29, 1.82) is 0 Å². The zero-order valence-corrected chi connectivity index (χ0v) is 15.8. The van der Waals surface area contributed by atoms with E-state index in [1.807, 2.05) is 23.6 Å². The van der Waals surface area contributed by atoms with Crippen LogP contribution in [0.25, 0.3) is 16.8 Å². The second-order valence-corrected chi connectivity index (χ2v) is 6.75. The summed E-state index contributed by atoms with van der Waals surface area (Å²) >= 11 is 6.13. The van der Waals surface area contributed by atoms with Gasteiger partial charge in [-0.2, -0.15) is 5.10 Å². The second kappa shape index (κ2) is 7.87. The SMILES string of the molecule is CCc1ccc2c(-c3cccc(Cl)n3)c(CCCCC(=O)O)c(C)nn12. The van der Waals surface area contributed by atoms with Gasteiger partial charge in [0.2, 0.25) is 0 Å². The molecule has 136 valence electrons. The highest BCUT2D eigenvalue weighted by Crippen LogP contribution is 2.32. The highest BCUT2D eigenvalue weighted by Gasteiger charge is 2.17. The lowest BCUT2D eigenvalue weighted by Crippen LogP contribution is -2.07. The van der Waals surface area contributed by atoms with Gasteiger partial charge in [0.05, 0.1) is 16.9 Å². The molecule has 0 aliphatic rings. The van der Waals surface area contributed by atoms with Crippen LogP contribution in [0.3, 0.4) is 0 Å².